The molecule has 0 unspecified atom stereocenters. The highest BCUT2D eigenvalue weighted by molar-refractivity contribution is 7.99. The second kappa shape index (κ2) is 7.87. The van der Waals surface area contributed by atoms with Gasteiger partial charge in [0.1, 0.15) is 6.04 Å². The van der Waals surface area contributed by atoms with Gasteiger partial charge in [-0.05, 0) is 43.4 Å². The number of carbonyl (C=O) groups excluding carboxylic acids is 2. The van der Waals surface area contributed by atoms with Gasteiger partial charge in [0, 0.05) is 17.4 Å². The minimum atomic E-state index is -0.403. The highest BCUT2D eigenvalue weighted by Crippen LogP contribution is 2.24. The molecule has 1 aliphatic heterocycles. The summed E-state index contributed by atoms with van der Waals surface area (Å²) in [5.41, 5.74) is 2.05. The van der Waals surface area contributed by atoms with Crippen molar-refractivity contribution in [2.75, 3.05) is 11.6 Å². The smallest absolute Gasteiger partial charge is 0.247 e. The minimum absolute atomic E-state index is 0.0845. The molecule has 2 amide bonds. The van der Waals surface area contributed by atoms with Gasteiger partial charge in [-0.25, -0.2) is 0 Å². The summed E-state index contributed by atoms with van der Waals surface area (Å²) in [6, 6.07) is 7.82. The van der Waals surface area contributed by atoms with Crippen LogP contribution in [0.3, 0.4) is 0 Å². The van der Waals surface area contributed by atoms with E-state index in [0.717, 1.165) is 5.56 Å². The summed E-state index contributed by atoms with van der Waals surface area (Å²) in [4.78, 5) is 26.7. The maximum atomic E-state index is 12.6. The van der Waals surface area contributed by atoms with E-state index in [2.05, 4.69) is 38.2 Å². The standard InChI is InChI=1S/C21H30N2O2S/c1-20(2,3)16-10-7-15(8-11-16)9-12-18(24)23-14-26-13-17(23)19(25)22-21(4,5)6/h7-12,17H,13-14H2,1-6H3,(H,22,25)/b12-9-/t17-/m0/s1. The monoisotopic (exact) mass is 374 g/mol. The molecule has 0 saturated carbocycles. The molecule has 1 aromatic carbocycles. The summed E-state index contributed by atoms with van der Waals surface area (Å²) in [5.74, 6) is 0.985. The third-order valence-electron chi connectivity index (χ3n) is 4.16. The van der Waals surface area contributed by atoms with Gasteiger partial charge in [-0.3, -0.25) is 9.59 Å². The molecule has 1 N–H and O–H groups in total. The van der Waals surface area contributed by atoms with Gasteiger partial charge in [-0.2, -0.15) is 0 Å². The van der Waals surface area contributed by atoms with Gasteiger partial charge >= 0.3 is 0 Å². The molecule has 0 bridgehead atoms. The summed E-state index contributed by atoms with van der Waals surface area (Å²) >= 11 is 1.61. The van der Waals surface area contributed by atoms with E-state index in [4.69, 9.17) is 0 Å². The zero-order chi connectivity index (χ0) is 19.5. The van der Waals surface area contributed by atoms with Crippen LogP contribution in [-0.4, -0.2) is 39.9 Å². The number of hydrogen-bond acceptors (Lipinski definition) is 3. The molecule has 142 valence electrons. The van der Waals surface area contributed by atoms with Gasteiger partial charge in [0.25, 0.3) is 0 Å². The SMILES string of the molecule is CC(C)(C)NC(=O)[C@@H]1CSCN1C(=O)/C=C\c1ccc(C(C)(C)C)cc1. The number of rotatable bonds is 3. The van der Waals surface area contributed by atoms with Crippen LogP contribution in [0.4, 0.5) is 0 Å². The molecule has 1 heterocycles. The average molecular weight is 375 g/mol. The number of nitrogens with zero attached hydrogens (tertiary/aromatic N) is 1. The van der Waals surface area contributed by atoms with Crippen molar-refractivity contribution in [1.29, 1.82) is 0 Å². The van der Waals surface area contributed by atoms with E-state index in [9.17, 15) is 9.59 Å². The summed E-state index contributed by atoms with van der Waals surface area (Å²) in [6.45, 7) is 12.4. The summed E-state index contributed by atoms with van der Waals surface area (Å²) in [5, 5.41) is 2.97. The van der Waals surface area contributed by atoms with Crippen LogP contribution >= 0.6 is 11.8 Å². The Morgan fingerprint density at radius 3 is 2.27 bits per heavy atom. The number of nitrogens with one attached hydrogen (secondary N) is 1. The molecule has 0 aromatic heterocycles. The van der Waals surface area contributed by atoms with Gasteiger partial charge in [-0.15, -0.1) is 11.8 Å². The third kappa shape index (κ3) is 5.63. The van der Waals surface area contributed by atoms with Crippen molar-refractivity contribution in [1.82, 2.24) is 10.2 Å². The highest BCUT2D eigenvalue weighted by atomic mass is 32.2. The van der Waals surface area contributed by atoms with Crippen LogP contribution in [-0.2, 0) is 15.0 Å². The second-order valence-electron chi connectivity index (χ2n) is 8.77. The Bertz CT molecular complexity index is 681. The molecule has 1 aromatic rings. The fourth-order valence-corrected chi connectivity index (χ4v) is 3.85. The highest BCUT2D eigenvalue weighted by Gasteiger charge is 2.35. The van der Waals surface area contributed by atoms with E-state index in [0.29, 0.717) is 11.6 Å². The first-order valence-corrected chi connectivity index (χ1v) is 10.1. The molecular formula is C21H30N2O2S. The lowest BCUT2D eigenvalue weighted by molar-refractivity contribution is -0.135. The van der Waals surface area contributed by atoms with Crippen LogP contribution in [0, 0.1) is 0 Å². The van der Waals surface area contributed by atoms with Crippen LogP contribution < -0.4 is 5.32 Å². The van der Waals surface area contributed by atoms with Crippen LogP contribution in [0.5, 0.6) is 0 Å². The number of benzene rings is 1. The second-order valence-corrected chi connectivity index (χ2v) is 9.77. The number of thioether (sulfide) groups is 1. The van der Waals surface area contributed by atoms with Gasteiger partial charge in [0.05, 0.1) is 5.88 Å². The molecule has 1 atom stereocenters. The largest absolute Gasteiger partial charge is 0.350 e. The van der Waals surface area contributed by atoms with Crippen LogP contribution in [0.15, 0.2) is 30.3 Å². The fraction of sp³-hybridized carbons (Fsp3) is 0.524. The molecule has 4 nitrogen and oxygen atoms in total. The molecule has 5 heteroatoms. The van der Waals surface area contributed by atoms with E-state index < -0.39 is 6.04 Å². The normalized spacial score (nSPS) is 18.4. The Hall–Kier alpha value is -1.75. The molecule has 1 fully saturated rings. The van der Waals surface area contributed by atoms with Gasteiger partial charge in [-0.1, -0.05) is 45.0 Å². The van der Waals surface area contributed by atoms with Crippen molar-refractivity contribution < 1.29 is 9.59 Å². The molecule has 0 radical (unpaired) electrons. The fourth-order valence-electron chi connectivity index (χ4n) is 2.69. The third-order valence-corrected chi connectivity index (χ3v) is 5.17. The molecule has 26 heavy (non-hydrogen) atoms. The first-order chi connectivity index (χ1) is 12.0. The van der Waals surface area contributed by atoms with E-state index >= 15 is 0 Å². The van der Waals surface area contributed by atoms with Crippen molar-refractivity contribution in [2.45, 2.75) is 58.5 Å². The van der Waals surface area contributed by atoms with Crippen LogP contribution in [0.1, 0.15) is 52.7 Å². The Labute approximate surface area is 161 Å². The average Bonchev–Trinajstić information content (AvgIpc) is 3.00. The van der Waals surface area contributed by atoms with Crippen LogP contribution in [0.2, 0.25) is 0 Å². The zero-order valence-electron chi connectivity index (χ0n) is 16.6. The zero-order valence-corrected chi connectivity index (χ0v) is 17.4. The summed E-state index contributed by atoms with van der Waals surface area (Å²) < 4.78 is 0. The first kappa shape index (κ1) is 20.6. The van der Waals surface area contributed by atoms with Crippen molar-refractivity contribution in [2.24, 2.45) is 0 Å². The lowest BCUT2D eigenvalue weighted by atomic mass is 9.87. The molecular weight excluding hydrogens is 344 g/mol. The Morgan fingerprint density at radius 1 is 1.12 bits per heavy atom. The van der Waals surface area contributed by atoms with Crippen molar-refractivity contribution >= 4 is 29.7 Å². The van der Waals surface area contributed by atoms with E-state index in [1.54, 1.807) is 22.7 Å². The Morgan fingerprint density at radius 2 is 1.73 bits per heavy atom. The van der Waals surface area contributed by atoms with Crippen molar-refractivity contribution in [3.63, 3.8) is 0 Å². The summed E-state index contributed by atoms with van der Waals surface area (Å²) in [6.07, 6.45) is 3.38. The van der Waals surface area contributed by atoms with Gasteiger partial charge in [0.2, 0.25) is 11.8 Å². The van der Waals surface area contributed by atoms with Gasteiger partial charge < -0.3 is 10.2 Å². The van der Waals surface area contributed by atoms with Crippen molar-refractivity contribution in [3.8, 4) is 0 Å². The maximum Gasteiger partial charge on any atom is 0.247 e. The molecule has 2 rings (SSSR count). The minimum Gasteiger partial charge on any atom is -0.350 e. The molecule has 1 saturated heterocycles. The maximum absolute atomic E-state index is 12.6. The quantitative estimate of drug-likeness (QED) is 0.819. The number of hydrogen-bond donors (Lipinski definition) is 1. The molecule has 0 aliphatic carbocycles. The van der Waals surface area contributed by atoms with E-state index in [-0.39, 0.29) is 22.8 Å². The lowest BCUT2D eigenvalue weighted by Crippen LogP contribution is -2.52. The summed E-state index contributed by atoms with van der Waals surface area (Å²) in [7, 11) is 0. The topological polar surface area (TPSA) is 49.4 Å². The van der Waals surface area contributed by atoms with Crippen LogP contribution in [0.25, 0.3) is 6.08 Å². The lowest BCUT2D eigenvalue weighted by Gasteiger charge is -2.27. The van der Waals surface area contributed by atoms with Crippen molar-refractivity contribution in [3.05, 3.63) is 41.5 Å². The van der Waals surface area contributed by atoms with Gasteiger partial charge in [0.15, 0.2) is 0 Å². The predicted octanol–water partition coefficient (Wildman–Crippen LogP) is 3.81. The molecule has 0 spiro atoms. The molecule has 1 aliphatic rings. The number of amides is 2. The number of carbonyl (C=O) groups is 2. The van der Waals surface area contributed by atoms with E-state index in [1.165, 1.54) is 5.56 Å². The predicted molar refractivity (Wildman–Crippen MR) is 110 cm³/mol. The Kier molecular flexibility index (Phi) is 6.22. The Balaban J connectivity index is 2.04. The van der Waals surface area contributed by atoms with E-state index in [1.807, 2.05) is 39.0 Å². The first-order valence-electron chi connectivity index (χ1n) is 8.96.